The molecule has 11 nitrogen and oxygen atoms in total. The lowest BCUT2D eigenvalue weighted by Gasteiger charge is -2.29. The number of rotatable bonds is 18. The zero-order chi connectivity index (χ0) is 44.5. The Morgan fingerprint density at radius 3 is 2.46 bits per heavy atom. The monoisotopic (exact) mass is 927 g/mol. The van der Waals surface area contributed by atoms with Crippen LogP contribution in [-0.4, -0.2) is 58.7 Å². The number of ether oxygens (including phenoxy) is 3. The van der Waals surface area contributed by atoms with E-state index in [1.54, 1.807) is 6.07 Å². The average molecular weight is 929 g/mol. The summed E-state index contributed by atoms with van der Waals surface area (Å²) in [5.74, 6) is -0.231. The molecule has 0 atom stereocenters. The fraction of sp³-hybridized carbons (Fsp3) is 0.375. The number of esters is 2. The van der Waals surface area contributed by atoms with E-state index < -0.39 is 11.6 Å². The Bertz CT molecular complexity index is 2560. The Kier molecular flexibility index (Phi) is 15.4. The Morgan fingerprint density at radius 1 is 0.873 bits per heavy atom. The quantitative estimate of drug-likeness (QED) is 0.0656. The third kappa shape index (κ3) is 12.1. The third-order valence-corrected chi connectivity index (χ3v) is 13.3. The number of carbonyl (C=O) groups is 3. The molecular formula is C48H51Cl2N5O6S2. The Hall–Kier alpha value is -5.08. The van der Waals surface area contributed by atoms with Gasteiger partial charge in [-0.05, 0) is 118 Å². The van der Waals surface area contributed by atoms with Gasteiger partial charge in [-0.25, -0.2) is 14.8 Å². The number of pyridine rings is 1. The summed E-state index contributed by atoms with van der Waals surface area (Å²) in [7, 11) is 1.36. The first kappa shape index (κ1) is 45.9. The number of halogens is 2. The van der Waals surface area contributed by atoms with Crippen LogP contribution in [0.2, 0.25) is 10.0 Å². The van der Waals surface area contributed by atoms with Gasteiger partial charge in [0.15, 0.2) is 16.0 Å². The van der Waals surface area contributed by atoms with Crippen LogP contribution in [0, 0.1) is 0 Å². The normalized spacial score (nSPS) is 12.6. The van der Waals surface area contributed by atoms with Crippen LogP contribution in [0.1, 0.15) is 108 Å². The first-order valence-electron chi connectivity index (χ1n) is 21.2. The van der Waals surface area contributed by atoms with Crippen LogP contribution in [0.25, 0.3) is 21.5 Å². The summed E-state index contributed by atoms with van der Waals surface area (Å²) >= 11 is 16.4. The van der Waals surface area contributed by atoms with E-state index in [1.807, 2.05) is 81.6 Å². The van der Waals surface area contributed by atoms with Gasteiger partial charge in [-0.1, -0.05) is 78.1 Å². The van der Waals surface area contributed by atoms with E-state index in [0.29, 0.717) is 87.5 Å². The summed E-state index contributed by atoms with van der Waals surface area (Å²) < 4.78 is 17.6. The topological polar surface area (TPSA) is 133 Å². The lowest BCUT2D eigenvalue weighted by molar-refractivity contribution is -0.154. The zero-order valence-corrected chi connectivity index (χ0v) is 39.1. The molecule has 63 heavy (non-hydrogen) atoms. The van der Waals surface area contributed by atoms with Gasteiger partial charge in [0.2, 0.25) is 0 Å². The number of unbranched alkanes of at least 4 members (excludes halogenated alkanes) is 4. The standard InChI is InChI=1S/C48H51Cl2N5O6S2/c1-48(2,3)61-41(56)20-9-7-5-6-8-14-30-26-37(50)42(51-28-30)34-22-21-32(27-36(34)49)60-25-13-19-40-43(45(58)59-4)53-47(63-40)55-24-23-31-15-12-16-33(35(31)29-55)44(57)54-46-52-38-17-10-11-18-39(38)62-46/h10-12,15-18,21-22,26-28H,5-9,13-14,19-20,23-25,29H2,1-4H3,(H,52,54,57). The molecule has 15 heteroatoms. The molecule has 0 unspecified atom stereocenters. The number of nitrogens with one attached hydrogen (secondary N) is 1. The van der Waals surface area contributed by atoms with E-state index in [0.717, 1.165) is 76.7 Å². The fourth-order valence-corrected chi connectivity index (χ4v) is 10.0. The highest BCUT2D eigenvalue weighted by molar-refractivity contribution is 7.22. The first-order valence-corrected chi connectivity index (χ1v) is 23.6. The van der Waals surface area contributed by atoms with E-state index in [2.05, 4.69) is 26.3 Å². The molecule has 0 saturated carbocycles. The molecule has 0 fully saturated rings. The highest BCUT2D eigenvalue weighted by Crippen LogP contribution is 2.36. The molecule has 6 aromatic rings. The van der Waals surface area contributed by atoms with Crippen molar-refractivity contribution in [3.8, 4) is 17.0 Å². The molecule has 1 amide bonds. The minimum atomic E-state index is -0.492. The predicted octanol–water partition coefficient (Wildman–Crippen LogP) is 12.0. The van der Waals surface area contributed by atoms with Crippen molar-refractivity contribution in [2.45, 2.75) is 97.1 Å². The summed E-state index contributed by atoms with van der Waals surface area (Å²) in [5, 5.41) is 5.26. The van der Waals surface area contributed by atoms with E-state index in [1.165, 1.54) is 29.8 Å². The molecule has 0 radical (unpaired) electrons. The highest BCUT2D eigenvalue weighted by atomic mass is 35.5. The van der Waals surface area contributed by atoms with Crippen molar-refractivity contribution in [1.82, 2.24) is 15.0 Å². The van der Waals surface area contributed by atoms with Crippen molar-refractivity contribution >= 4 is 84.2 Å². The summed E-state index contributed by atoms with van der Waals surface area (Å²) in [6.45, 7) is 7.20. The molecule has 1 aliphatic rings. The number of benzene rings is 3. The van der Waals surface area contributed by atoms with Crippen molar-refractivity contribution in [2.75, 3.05) is 30.5 Å². The molecular weight excluding hydrogens is 878 g/mol. The van der Waals surface area contributed by atoms with Gasteiger partial charge >= 0.3 is 11.9 Å². The third-order valence-electron chi connectivity index (χ3n) is 10.5. The average Bonchev–Trinajstić information content (AvgIpc) is 3.88. The maximum absolute atomic E-state index is 13.6. The first-order chi connectivity index (χ1) is 30.3. The second-order valence-electron chi connectivity index (χ2n) is 16.4. The van der Waals surface area contributed by atoms with Crippen molar-refractivity contribution in [2.24, 2.45) is 0 Å². The van der Waals surface area contributed by atoms with Gasteiger partial charge in [-0.3, -0.25) is 19.9 Å². The minimum Gasteiger partial charge on any atom is -0.494 e. The molecule has 3 aromatic carbocycles. The largest absolute Gasteiger partial charge is 0.494 e. The number of hydrogen-bond acceptors (Lipinski definition) is 12. The highest BCUT2D eigenvalue weighted by Gasteiger charge is 2.27. The predicted molar refractivity (Wildman–Crippen MR) is 253 cm³/mol. The summed E-state index contributed by atoms with van der Waals surface area (Å²) in [6.07, 6.45) is 10.0. The van der Waals surface area contributed by atoms with Crippen LogP contribution in [-0.2, 0) is 40.1 Å². The maximum atomic E-state index is 13.6. The van der Waals surface area contributed by atoms with E-state index in [-0.39, 0.29) is 11.9 Å². The van der Waals surface area contributed by atoms with Crippen molar-refractivity contribution in [3.05, 3.63) is 116 Å². The molecule has 4 heterocycles. The molecule has 330 valence electrons. The van der Waals surface area contributed by atoms with E-state index in [4.69, 9.17) is 42.4 Å². The number of hydrogen-bond donors (Lipinski definition) is 1. The van der Waals surface area contributed by atoms with Gasteiger partial charge in [0, 0.05) is 41.7 Å². The molecule has 7 rings (SSSR count). The van der Waals surface area contributed by atoms with E-state index >= 15 is 0 Å². The molecule has 1 N–H and O–H groups in total. The smallest absolute Gasteiger partial charge is 0.357 e. The molecule has 3 aromatic heterocycles. The number of aryl methyl sites for hydroxylation is 2. The zero-order valence-electron chi connectivity index (χ0n) is 35.9. The van der Waals surface area contributed by atoms with Crippen LogP contribution < -0.4 is 15.0 Å². The van der Waals surface area contributed by atoms with Crippen LogP contribution in [0.15, 0.2) is 72.9 Å². The number of anilines is 2. The van der Waals surface area contributed by atoms with Crippen molar-refractivity contribution in [1.29, 1.82) is 0 Å². The number of nitrogens with zero attached hydrogens (tertiary/aromatic N) is 4. The lowest BCUT2D eigenvalue weighted by Crippen LogP contribution is -2.32. The number of fused-ring (bicyclic) bond motifs is 2. The summed E-state index contributed by atoms with van der Waals surface area (Å²) in [4.78, 5) is 55.3. The molecule has 1 aliphatic heterocycles. The Labute approximate surface area is 386 Å². The number of carbonyl (C=O) groups excluding carboxylic acids is 3. The maximum Gasteiger partial charge on any atom is 0.357 e. The molecule has 0 aliphatic carbocycles. The minimum absolute atomic E-state index is 0.135. The van der Waals surface area contributed by atoms with E-state index in [9.17, 15) is 14.4 Å². The van der Waals surface area contributed by atoms with Gasteiger partial charge in [-0.2, -0.15) is 0 Å². The Balaban J connectivity index is 0.903. The van der Waals surface area contributed by atoms with Gasteiger partial charge in [0.1, 0.15) is 11.4 Å². The van der Waals surface area contributed by atoms with Crippen molar-refractivity contribution in [3.63, 3.8) is 0 Å². The van der Waals surface area contributed by atoms with Crippen molar-refractivity contribution < 1.29 is 28.6 Å². The fourth-order valence-electron chi connectivity index (χ4n) is 7.48. The molecule has 0 saturated heterocycles. The van der Waals surface area contributed by atoms with Crippen LogP contribution >= 0.6 is 45.9 Å². The van der Waals surface area contributed by atoms with Crippen LogP contribution in [0.5, 0.6) is 5.75 Å². The van der Waals surface area contributed by atoms with Gasteiger partial charge in [0.25, 0.3) is 5.91 Å². The number of amides is 1. The second kappa shape index (κ2) is 21.1. The van der Waals surface area contributed by atoms with Gasteiger partial charge in [-0.15, -0.1) is 11.3 Å². The second-order valence-corrected chi connectivity index (χ2v) is 19.3. The molecule has 0 spiro atoms. The SMILES string of the molecule is COC(=O)c1nc(N2CCc3cccc(C(=O)Nc4nc5ccccc5s4)c3C2)sc1CCCOc1ccc(-c2ncc(CCCCCCCC(=O)OC(C)(C)C)cc2Cl)c(Cl)c1. The molecule has 0 bridgehead atoms. The Morgan fingerprint density at radius 2 is 1.68 bits per heavy atom. The number of methoxy groups -OCH3 is 1. The van der Waals surface area contributed by atoms with Gasteiger partial charge < -0.3 is 19.1 Å². The number of thiazole rings is 2. The van der Waals surface area contributed by atoms with Gasteiger partial charge in [0.05, 0.1) is 39.7 Å². The number of aromatic nitrogens is 3. The summed E-state index contributed by atoms with van der Waals surface area (Å²) in [5.41, 5.74) is 5.71. The lowest BCUT2D eigenvalue weighted by atomic mass is 9.94. The summed E-state index contributed by atoms with van der Waals surface area (Å²) in [6, 6.07) is 21.0. The van der Waals surface area contributed by atoms with Crippen LogP contribution in [0.3, 0.4) is 0 Å². The number of para-hydroxylation sites is 1. The van der Waals surface area contributed by atoms with Crippen LogP contribution in [0.4, 0.5) is 10.3 Å².